The zero-order valence-electron chi connectivity index (χ0n) is 12.9. The Morgan fingerprint density at radius 2 is 2.23 bits per heavy atom. The van der Waals surface area contributed by atoms with Gasteiger partial charge in [0.05, 0.1) is 12.5 Å². The zero-order chi connectivity index (χ0) is 16.1. The molecule has 1 aliphatic heterocycles. The lowest BCUT2D eigenvalue weighted by Crippen LogP contribution is -2.44. The van der Waals surface area contributed by atoms with Gasteiger partial charge in [-0.15, -0.1) is 0 Å². The summed E-state index contributed by atoms with van der Waals surface area (Å²) in [5.41, 5.74) is 0.935. The molecule has 1 aromatic carbocycles. The number of nitrogens with zero attached hydrogens (tertiary/aromatic N) is 1. The van der Waals surface area contributed by atoms with Crippen molar-refractivity contribution in [1.29, 1.82) is 0 Å². The second-order valence-corrected chi connectivity index (χ2v) is 5.43. The van der Waals surface area contributed by atoms with Crippen molar-refractivity contribution < 1.29 is 18.7 Å². The number of nitrogens with one attached hydrogen (secondary N) is 1. The Morgan fingerprint density at radius 3 is 2.91 bits per heavy atom. The fourth-order valence-electron chi connectivity index (χ4n) is 2.49. The van der Waals surface area contributed by atoms with E-state index in [0.717, 1.165) is 12.8 Å². The second-order valence-electron chi connectivity index (χ2n) is 5.43. The molecule has 0 saturated carbocycles. The molecule has 1 N–H and O–H groups in total. The van der Waals surface area contributed by atoms with Crippen molar-refractivity contribution in [3.8, 4) is 0 Å². The summed E-state index contributed by atoms with van der Waals surface area (Å²) in [5.74, 6) is -0.906. The van der Waals surface area contributed by atoms with Gasteiger partial charge in [-0.2, -0.15) is 0 Å². The molecule has 6 heteroatoms. The summed E-state index contributed by atoms with van der Waals surface area (Å²) in [6.07, 6.45) is 1.47. The average molecular weight is 308 g/mol. The van der Waals surface area contributed by atoms with E-state index in [9.17, 15) is 14.0 Å². The number of halogens is 1. The van der Waals surface area contributed by atoms with Gasteiger partial charge in [0.25, 0.3) is 0 Å². The first kappa shape index (κ1) is 16.3. The summed E-state index contributed by atoms with van der Waals surface area (Å²) >= 11 is 0. The molecule has 2 amide bonds. The van der Waals surface area contributed by atoms with Gasteiger partial charge in [0.1, 0.15) is 5.82 Å². The van der Waals surface area contributed by atoms with Crippen molar-refractivity contribution in [2.24, 2.45) is 5.92 Å². The Balaban J connectivity index is 1.96. The summed E-state index contributed by atoms with van der Waals surface area (Å²) in [6.45, 7) is 4.67. The molecule has 5 nitrogen and oxygen atoms in total. The van der Waals surface area contributed by atoms with Crippen molar-refractivity contribution in [2.45, 2.75) is 26.7 Å². The third-order valence-corrected chi connectivity index (χ3v) is 3.75. The highest BCUT2D eigenvalue weighted by molar-refractivity contribution is 5.89. The van der Waals surface area contributed by atoms with E-state index in [-0.39, 0.29) is 23.7 Å². The highest BCUT2D eigenvalue weighted by Crippen LogP contribution is 2.20. The molecule has 22 heavy (non-hydrogen) atoms. The number of piperidine rings is 1. The van der Waals surface area contributed by atoms with Crippen LogP contribution in [-0.2, 0) is 9.53 Å². The third-order valence-electron chi connectivity index (χ3n) is 3.75. The number of hydrogen-bond donors (Lipinski definition) is 1. The van der Waals surface area contributed by atoms with Crippen molar-refractivity contribution in [3.05, 3.63) is 29.6 Å². The van der Waals surface area contributed by atoms with Gasteiger partial charge in [-0.25, -0.2) is 9.18 Å². The highest BCUT2D eigenvalue weighted by Gasteiger charge is 2.29. The van der Waals surface area contributed by atoms with Gasteiger partial charge >= 0.3 is 12.0 Å². The zero-order valence-corrected chi connectivity index (χ0v) is 12.9. The number of aryl methyl sites for hydroxylation is 1. The first-order valence-corrected chi connectivity index (χ1v) is 7.50. The van der Waals surface area contributed by atoms with Crippen LogP contribution in [0.25, 0.3) is 0 Å². The highest BCUT2D eigenvalue weighted by atomic mass is 19.1. The molecule has 0 bridgehead atoms. The molecule has 1 heterocycles. The lowest BCUT2D eigenvalue weighted by atomic mass is 9.98. The average Bonchev–Trinajstić information content (AvgIpc) is 2.51. The number of ether oxygens (including phenoxy) is 1. The molecule has 0 aromatic heterocycles. The van der Waals surface area contributed by atoms with E-state index >= 15 is 0 Å². The molecular weight excluding hydrogens is 287 g/mol. The maximum atomic E-state index is 13.5. The quantitative estimate of drug-likeness (QED) is 0.873. The topological polar surface area (TPSA) is 58.6 Å². The summed E-state index contributed by atoms with van der Waals surface area (Å²) in [5, 5.41) is 2.67. The second kappa shape index (κ2) is 7.24. The van der Waals surface area contributed by atoms with Gasteiger partial charge in [-0.3, -0.25) is 4.79 Å². The van der Waals surface area contributed by atoms with Crippen LogP contribution >= 0.6 is 0 Å². The number of likely N-dealkylation sites (tertiary alicyclic amines) is 1. The van der Waals surface area contributed by atoms with Crippen LogP contribution in [0.5, 0.6) is 0 Å². The van der Waals surface area contributed by atoms with Crippen LogP contribution in [0.1, 0.15) is 25.3 Å². The Morgan fingerprint density at radius 1 is 1.45 bits per heavy atom. The van der Waals surface area contributed by atoms with Crippen LogP contribution < -0.4 is 5.32 Å². The molecule has 1 aliphatic rings. The molecule has 120 valence electrons. The number of carbonyl (C=O) groups is 2. The number of carbonyl (C=O) groups excluding carboxylic acids is 2. The van der Waals surface area contributed by atoms with Crippen LogP contribution in [0, 0.1) is 18.7 Å². The first-order valence-electron chi connectivity index (χ1n) is 7.50. The van der Waals surface area contributed by atoms with Crippen molar-refractivity contribution in [1.82, 2.24) is 4.90 Å². The first-order chi connectivity index (χ1) is 10.5. The monoisotopic (exact) mass is 308 g/mol. The van der Waals surface area contributed by atoms with E-state index in [1.54, 1.807) is 30.9 Å². The maximum absolute atomic E-state index is 13.5. The van der Waals surface area contributed by atoms with Crippen molar-refractivity contribution in [3.63, 3.8) is 0 Å². The minimum absolute atomic E-state index is 0.263. The van der Waals surface area contributed by atoms with Gasteiger partial charge < -0.3 is 15.0 Å². The Labute approximate surface area is 129 Å². The lowest BCUT2D eigenvalue weighted by molar-refractivity contribution is -0.149. The van der Waals surface area contributed by atoms with Crippen molar-refractivity contribution in [2.75, 3.05) is 25.0 Å². The van der Waals surface area contributed by atoms with E-state index in [0.29, 0.717) is 30.9 Å². The molecule has 0 unspecified atom stereocenters. The molecule has 1 fully saturated rings. The van der Waals surface area contributed by atoms with Gasteiger partial charge in [0.15, 0.2) is 0 Å². The Kier molecular flexibility index (Phi) is 5.35. The number of rotatable bonds is 3. The molecular formula is C16H21FN2O3. The molecule has 1 atom stereocenters. The van der Waals surface area contributed by atoms with Gasteiger partial charge in [0, 0.05) is 18.8 Å². The third kappa shape index (κ3) is 3.96. The molecule has 1 aromatic rings. The lowest BCUT2D eigenvalue weighted by Gasteiger charge is -2.31. The van der Waals surface area contributed by atoms with Crippen molar-refractivity contribution >= 4 is 17.7 Å². The number of amides is 2. The molecule has 0 radical (unpaired) electrons. The number of benzene rings is 1. The SMILES string of the molecule is CCOC(=O)[C@H]1CCCN(C(=O)Nc2ccc(C)c(F)c2)C1. The summed E-state index contributed by atoms with van der Waals surface area (Å²) in [4.78, 5) is 25.6. The van der Waals surface area contributed by atoms with E-state index in [1.165, 1.54) is 6.07 Å². The fraction of sp³-hybridized carbons (Fsp3) is 0.500. The van der Waals surface area contributed by atoms with Crippen LogP contribution in [0.3, 0.4) is 0 Å². The summed E-state index contributed by atoms with van der Waals surface area (Å²) in [7, 11) is 0. The molecule has 2 rings (SSSR count). The standard InChI is InChI=1S/C16H21FN2O3/c1-3-22-15(20)12-5-4-8-19(10-12)16(21)18-13-7-6-11(2)14(17)9-13/h6-7,9,12H,3-5,8,10H2,1-2H3,(H,18,21)/t12-/m0/s1. The summed E-state index contributed by atoms with van der Waals surface area (Å²) in [6, 6.07) is 4.24. The fourth-order valence-corrected chi connectivity index (χ4v) is 2.49. The van der Waals surface area contributed by atoms with Crippen LogP contribution in [-0.4, -0.2) is 36.6 Å². The smallest absolute Gasteiger partial charge is 0.321 e. The molecule has 1 saturated heterocycles. The van der Waals surface area contributed by atoms with Gasteiger partial charge in [-0.1, -0.05) is 6.07 Å². The van der Waals surface area contributed by atoms with E-state index in [1.807, 2.05) is 0 Å². The minimum atomic E-state index is -0.360. The Bertz CT molecular complexity index is 562. The molecule has 0 spiro atoms. The number of esters is 1. The molecule has 0 aliphatic carbocycles. The maximum Gasteiger partial charge on any atom is 0.321 e. The number of anilines is 1. The largest absolute Gasteiger partial charge is 0.466 e. The Hall–Kier alpha value is -2.11. The number of hydrogen-bond acceptors (Lipinski definition) is 3. The van der Waals surface area contributed by atoms with E-state index in [4.69, 9.17) is 4.74 Å². The summed E-state index contributed by atoms with van der Waals surface area (Å²) < 4.78 is 18.5. The predicted molar refractivity (Wildman–Crippen MR) is 81.1 cm³/mol. The van der Waals surface area contributed by atoms with Crippen LogP contribution in [0.15, 0.2) is 18.2 Å². The van der Waals surface area contributed by atoms with E-state index < -0.39 is 0 Å². The minimum Gasteiger partial charge on any atom is -0.466 e. The normalized spacial score (nSPS) is 18.0. The van der Waals surface area contributed by atoms with E-state index in [2.05, 4.69) is 5.32 Å². The van der Waals surface area contributed by atoms with Crippen LogP contribution in [0.2, 0.25) is 0 Å². The van der Waals surface area contributed by atoms with Gasteiger partial charge in [0.2, 0.25) is 0 Å². The predicted octanol–water partition coefficient (Wildman–Crippen LogP) is 2.94. The van der Waals surface area contributed by atoms with Crippen LogP contribution in [0.4, 0.5) is 14.9 Å². The van der Waals surface area contributed by atoms with Gasteiger partial charge in [-0.05, 0) is 44.4 Å². The number of urea groups is 1.